The fraction of sp³-hybridized carbons (Fsp3) is 0.542. The number of hydrogen-bond donors (Lipinski definition) is 2. The van der Waals surface area contributed by atoms with Gasteiger partial charge in [-0.3, -0.25) is 14.9 Å². The zero-order chi connectivity index (χ0) is 22.2. The van der Waals surface area contributed by atoms with Gasteiger partial charge in [0.15, 0.2) is 0 Å². The third kappa shape index (κ3) is 5.39. The van der Waals surface area contributed by atoms with E-state index < -0.39 is 5.67 Å². The number of nitrogens with one attached hydrogen (secondary N) is 2. The predicted molar refractivity (Wildman–Crippen MR) is 120 cm³/mol. The summed E-state index contributed by atoms with van der Waals surface area (Å²) in [7, 11) is 0. The van der Waals surface area contributed by atoms with E-state index in [2.05, 4.69) is 15.3 Å². The average molecular weight is 426 g/mol. The Morgan fingerprint density at radius 2 is 1.94 bits per heavy atom. The third-order valence-electron chi connectivity index (χ3n) is 6.11. The minimum absolute atomic E-state index is 0.0127. The number of benzene rings is 1. The fourth-order valence-corrected chi connectivity index (χ4v) is 4.24. The summed E-state index contributed by atoms with van der Waals surface area (Å²) in [5.41, 5.74) is 2.29. The van der Waals surface area contributed by atoms with Crippen LogP contribution in [0, 0.1) is 12.3 Å². The highest BCUT2D eigenvalue weighted by atomic mass is 19.1. The van der Waals surface area contributed by atoms with Gasteiger partial charge >= 0.3 is 0 Å². The molecule has 1 aromatic heterocycles. The molecule has 6 nitrogen and oxygen atoms in total. The molecule has 1 amide bonds. The number of piperidine rings is 1. The molecule has 1 aromatic carbocycles. The second-order valence-corrected chi connectivity index (χ2v) is 9.59. The molecule has 1 saturated heterocycles. The van der Waals surface area contributed by atoms with Crippen molar-refractivity contribution in [3.05, 3.63) is 41.7 Å². The lowest BCUT2D eigenvalue weighted by atomic mass is 9.97. The molecule has 0 spiro atoms. The lowest BCUT2D eigenvalue weighted by Gasteiger charge is -2.34. The Bertz CT molecular complexity index is 965. The summed E-state index contributed by atoms with van der Waals surface area (Å²) in [4.78, 5) is 14.9. The predicted octanol–water partition coefficient (Wildman–Crippen LogP) is 3.89. The first-order chi connectivity index (χ1) is 14.7. The van der Waals surface area contributed by atoms with Crippen molar-refractivity contribution < 1.29 is 9.18 Å². The van der Waals surface area contributed by atoms with Gasteiger partial charge in [0.2, 0.25) is 0 Å². The second kappa shape index (κ2) is 8.54. The van der Waals surface area contributed by atoms with Crippen molar-refractivity contribution in [1.82, 2.24) is 20.0 Å². The van der Waals surface area contributed by atoms with E-state index in [-0.39, 0.29) is 17.7 Å². The SMILES string of the molecule is Cc1ccc(-c2cnn(C3CC3)c2)cc1C(=N)C(=O)NC1CCN(CC(C)(C)F)CC1. The Morgan fingerprint density at radius 1 is 1.23 bits per heavy atom. The van der Waals surface area contributed by atoms with Gasteiger partial charge in [-0.2, -0.15) is 5.10 Å². The maximum atomic E-state index is 13.9. The minimum atomic E-state index is -1.21. The molecule has 0 radical (unpaired) electrons. The zero-order valence-corrected chi connectivity index (χ0v) is 18.6. The Balaban J connectivity index is 1.39. The molecule has 1 aliphatic carbocycles. The Labute approximate surface area is 183 Å². The van der Waals surface area contributed by atoms with Crippen molar-refractivity contribution in [2.24, 2.45) is 0 Å². The lowest BCUT2D eigenvalue weighted by Crippen LogP contribution is -2.48. The Hall–Kier alpha value is -2.54. The van der Waals surface area contributed by atoms with Gasteiger partial charge in [0.1, 0.15) is 11.4 Å². The highest BCUT2D eigenvalue weighted by molar-refractivity contribution is 6.44. The summed E-state index contributed by atoms with van der Waals surface area (Å²) in [5, 5.41) is 16.0. The molecule has 7 heteroatoms. The molecule has 2 aliphatic rings. The molecule has 0 unspecified atom stereocenters. The summed E-state index contributed by atoms with van der Waals surface area (Å²) >= 11 is 0. The van der Waals surface area contributed by atoms with Crippen molar-refractivity contribution >= 4 is 11.6 Å². The Kier molecular flexibility index (Phi) is 5.97. The van der Waals surface area contributed by atoms with E-state index in [1.807, 2.05) is 42.2 Å². The quantitative estimate of drug-likeness (QED) is 0.661. The number of hydrogen-bond acceptors (Lipinski definition) is 4. The van der Waals surface area contributed by atoms with Gasteiger partial charge in [-0.1, -0.05) is 12.1 Å². The first-order valence-corrected chi connectivity index (χ1v) is 11.2. The van der Waals surface area contributed by atoms with Crippen LogP contribution in [-0.2, 0) is 4.79 Å². The molecule has 2 N–H and O–H groups in total. The monoisotopic (exact) mass is 425 g/mol. The molecular formula is C24H32FN5O. The van der Waals surface area contributed by atoms with Crippen LogP contribution < -0.4 is 5.32 Å². The van der Waals surface area contributed by atoms with Crippen LogP contribution >= 0.6 is 0 Å². The highest BCUT2D eigenvalue weighted by Gasteiger charge is 2.27. The summed E-state index contributed by atoms with van der Waals surface area (Å²) in [6.07, 6.45) is 7.79. The zero-order valence-electron chi connectivity index (χ0n) is 18.6. The number of likely N-dealkylation sites (tertiary alicyclic amines) is 1. The Morgan fingerprint density at radius 3 is 2.58 bits per heavy atom. The van der Waals surface area contributed by atoms with Crippen LogP contribution in [0.2, 0.25) is 0 Å². The fourth-order valence-electron chi connectivity index (χ4n) is 4.24. The van der Waals surface area contributed by atoms with Crippen molar-refractivity contribution in [2.45, 2.75) is 64.2 Å². The summed E-state index contributed by atoms with van der Waals surface area (Å²) < 4.78 is 15.9. The van der Waals surface area contributed by atoms with Crippen LogP contribution in [0.5, 0.6) is 0 Å². The smallest absolute Gasteiger partial charge is 0.270 e. The van der Waals surface area contributed by atoms with Crippen LogP contribution in [-0.4, -0.2) is 57.6 Å². The lowest BCUT2D eigenvalue weighted by molar-refractivity contribution is -0.115. The van der Waals surface area contributed by atoms with E-state index in [0.717, 1.165) is 42.6 Å². The van der Waals surface area contributed by atoms with E-state index >= 15 is 0 Å². The number of rotatable bonds is 7. The number of carbonyl (C=O) groups is 1. The van der Waals surface area contributed by atoms with Crippen molar-refractivity contribution in [2.75, 3.05) is 19.6 Å². The molecule has 166 valence electrons. The van der Waals surface area contributed by atoms with E-state index in [1.54, 1.807) is 13.8 Å². The summed E-state index contributed by atoms with van der Waals surface area (Å²) in [5.74, 6) is -0.349. The molecule has 1 saturated carbocycles. The minimum Gasteiger partial charge on any atom is -0.348 e. The van der Waals surface area contributed by atoms with Crippen molar-refractivity contribution in [3.8, 4) is 11.1 Å². The number of aromatic nitrogens is 2. The number of alkyl halides is 1. The van der Waals surface area contributed by atoms with Gasteiger partial charge in [-0.15, -0.1) is 0 Å². The van der Waals surface area contributed by atoms with Crippen LogP contribution in [0.25, 0.3) is 11.1 Å². The highest BCUT2D eigenvalue weighted by Crippen LogP contribution is 2.35. The standard InChI is InChI=1S/C24H32FN5O/c1-16-4-5-17(18-13-27-30(14-18)20-6-7-20)12-21(16)22(26)23(31)28-19-8-10-29(11-9-19)15-24(2,3)25/h4-5,12-14,19-20,26H,6-11,15H2,1-3H3,(H,28,31). The first-order valence-electron chi connectivity index (χ1n) is 11.2. The topological polar surface area (TPSA) is 74.0 Å². The molecule has 2 fully saturated rings. The average Bonchev–Trinajstić information content (AvgIpc) is 3.45. The van der Waals surface area contributed by atoms with Crippen LogP contribution in [0.15, 0.2) is 30.6 Å². The number of aryl methyl sites for hydroxylation is 1. The van der Waals surface area contributed by atoms with Gasteiger partial charge < -0.3 is 10.2 Å². The molecule has 31 heavy (non-hydrogen) atoms. The van der Waals surface area contributed by atoms with E-state index in [0.29, 0.717) is 18.2 Å². The molecule has 0 atom stereocenters. The van der Waals surface area contributed by atoms with Crippen molar-refractivity contribution in [1.29, 1.82) is 5.41 Å². The van der Waals surface area contributed by atoms with Gasteiger partial charge in [-0.25, -0.2) is 4.39 Å². The van der Waals surface area contributed by atoms with Crippen LogP contribution in [0.3, 0.4) is 0 Å². The first kappa shape index (κ1) is 21.7. The summed E-state index contributed by atoms with van der Waals surface area (Å²) in [6.45, 7) is 7.03. The molecule has 0 bridgehead atoms. The van der Waals surface area contributed by atoms with Crippen LogP contribution in [0.4, 0.5) is 4.39 Å². The molecule has 2 heterocycles. The summed E-state index contributed by atoms with van der Waals surface area (Å²) in [6, 6.07) is 6.42. The van der Waals surface area contributed by atoms with E-state index in [9.17, 15) is 9.18 Å². The normalized spacial score (nSPS) is 18.2. The maximum absolute atomic E-state index is 13.9. The molecular weight excluding hydrogens is 393 g/mol. The maximum Gasteiger partial charge on any atom is 0.270 e. The van der Waals surface area contributed by atoms with Gasteiger partial charge in [0.25, 0.3) is 5.91 Å². The van der Waals surface area contributed by atoms with Gasteiger partial charge in [0.05, 0.1) is 12.2 Å². The van der Waals surface area contributed by atoms with E-state index in [4.69, 9.17) is 5.41 Å². The van der Waals surface area contributed by atoms with Gasteiger partial charge in [0, 0.05) is 43.0 Å². The van der Waals surface area contributed by atoms with Crippen LogP contribution in [0.1, 0.15) is 56.7 Å². The third-order valence-corrected chi connectivity index (χ3v) is 6.11. The second-order valence-electron chi connectivity index (χ2n) is 9.59. The molecule has 1 aliphatic heterocycles. The molecule has 4 rings (SSSR count). The van der Waals surface area contributed by atoms with Gasteiger partial charge in [-0.05, 0) is 63.6 Å². The number of carbonyl (C=O) groups excluding carboxylic acids is 1. The largest absolute Gasteiger partial charge is 0.348 e. The number of halogens is 1. The van der Waals surface area contributed by atoms with E-state index in [1.165, 1.54) is 12.8 Å². The number of amides is 1. The van der Waals surface area contributed by atoms with Crippen molar-refractivity contribution in [3.63, 3.8) is 0 Å². The molecule has 2 aromatic rings. The number of nitrogens with zero attached hydrogens (tertiary/aromatic N) is 3.